The number of alkyl halides is 3. The van der Waals surface area contributed by atoms with Crippen LogP contribution in [0.25, 0.3) is 11.4 Å². The smallest absolute Gasteiger partial charge is 0.413 e. The van der Waals surface area contributed by atoms with Gasteiger partial charge in [0.2, 0.25) is 5.95 Å². The van der Waals surface area contributed by atoms with Gasteiger partial charge in [0.25, 0.3) is 5.91 Å². The summed E-state index contributed by atoms with van der Waals surface area (Å²) in [6, 6.07) is 5.76. The van der Waals surface area contributed by atoms with Crippen molar-refractivity contribution >= 4 is 17.8 Å². The fourth-order valence-corrected chi connectivity index (χ4v) is 2.96. The molecule has 0 aliphatic rings. The normalized spacial score (nSPS) is 12.1. The van der Waals surface area contributed by atoms with Crippen LogP contribution in [0, 0.1) is 5.95 Å². The van der Waals surface area contributed by atoms with E-state index in [1.54, 1.807) is 0 Å². The molecule has 0 bridgehead atoms. The first-order valence-electron chi connectivity index (χ1n) is 10.4. The number of nitrogens with one attached hydrogen (secondary N) is 2. The van der Waals surface area contributed by atoms with Gasteiger partial charge in [0.15, 0.2) is 11.5 Å². The zero-order valence-electron chi connectivity index (χ0n) is 19.1. The predicted molar refractivity (Wildman–Crippen MR) is 119 cm³/mol. The van der Waals surface area contributed by atoms with Crippen molar-refractivity contribution in [2.45, 2.75) is 25.6 Å². The fraction of sp³-hybridized carbons (Fsp3) is 0.273. The van der Waals surface area contributed by atoms with Crippen molar-refractivity contribution < 1.29 is 31.9 Å². The van der Waals surface area contributed by atoms with Gasteiger partial charge in [-0.1, -0.05) is 11.8 Å². The van der Waals surface area contributed by atoms with Crippen LogP contribution < -0.4 is 10.6 Å². The molecule has 3 aromatic rings. The summed E-state index contributed by atoms with van der Waals surface area (Å²) in [5, 5.41) is 12.6. The van der Waals surface area contributed by atoms with Crippen molar-refractivity contribution in [3.63, 3.8) is 0 Å². The highest BCUT2D eigenvalue weighted by atomic mass is 19.4. The lowest BCUT2D eigenvalue weighted by atomic mass is 10.2. The lowest BCUT2D eigenvalue weighted by Crippen LogP contribution is -2.26. The third-order valence-electron chi connectivity index (χ3n) is 4.94. The Balaban J connectivity index is 1.64. The first kappa shape index (κ1) is 26.2. The molecule has 0 saturated carbocycles. The van der Waals surface area contributed by atoms with Crippen LogP contribution in [0.2, 0.25) is 0 Å². The minimum atomic E-state index is -4.52. The first-order chi connectivity index (χ1) is 17.0. The average molecular weight is 507 g/mol. The van der Waals surface area contributed by atoms with Crippen molar-refractivity contribution in [1.29, 1.82) is 0 Å². The topological polar surface area (TPSA) is 124 Å². The summed E-state index contributed by atoms with van der Waals surface area (Å²) >= 11 is 0. The number of ether oxygens (including phenoxy) is 1. The Kier molecular flexibility index (Phi) is 7.96. The Morgan fingerprint density at radius 3 is 2.61 bits per heavy atom. The molecule has 1 atom stereocenters. The third kappa shape index (κ3) is 6.40. The Bertz CT molecular complexity index is 1260. The molecule has 3 rings (SSSR count). The molecule has 10 nitrogen and oxygen atoms in total. The molecule has 2 amide bonds. The number of aryl methyl sites for hydroxylation is 1. The highest BCUT2D eigenvalue weighted by molar-refractivity contribution is 5.94. The number of pyridine rings is 2. The van der Waals surface area contributed by atoms with E-state index in [9.17, 15) is 27.2 Å². The van der Waals surface area contributed by atoms with E-state index < -0.39 is 42.2 Å². The quantitative estimate of drug-likeness (QED) is 0.269. The predicted octanol–water partition coefficient (Wildman–Crippen LogP) is 3.96. The molecule has 2 N–H and O–H groups in total. The molecule has 0 saturated heterocycles. The van der Waals surface area contributed by atoms with Gasteiger partial charge in [-0.3, -0.25) is 15.1 Å². The van der Waals surface area contributed by atoms with Gasteiger partial charge >= 0.3 is 12.3 Å². The zero-order chi connectivity index (χ0) is 26.5. The SMILES string of the molecule is C=C(CCNC(=O)c1ccc(-c2nnn(C)c2NC(=O)O[C@H](C)c2cccnc2F)nc1)C(F)(F)F. The molecule has 0 radical (unpaired) electrons. The first-order valence-corrected chi connectivity index (χ1v) is 10.4. The number of nitrogens with zero attached hydrogens (tertiary/aromatic N) is 5. The van der Waals surface area contributed by atoms with E-state index >= 15 is 0 Å². The maximum Gasteiger partial charge on any atom is 0.413 e. The maximum atomic E-state index is 13.8. The summed E-state index contributed by atoms with van der Waals surface area (Å²) in [6.45, 7) is 4.17. The van der Waals surface area contributed by atoms with Crippen LogP contribution in [0.15, 0.2) is 48.8 Å². The van der Waals surface area contributed by atoms with E-state index in [2.05, 4.69) is 37.5 Å². The number of hydrogen-bond acceptors (Lipinski definition) is 7. The highest BCUT2D eigenvalue weighted by Crippen LogP contribution is 2.26. The van der Waals surface area contributed by atoms with E-state index in [1.165, 1.54) is 55.3 Å². The Morgan fingerprint density at radius 2 is 1.97 bits per heavy atom. The number of carbonyl (C=O) groups excluding carboxylic acids is 2. The lowest BCUT2D eigenvalue weighted by molar-refractivity contribution is -0.0934. The number of amides is 2. The minimum Gasteiger partial charge on any atom is -0.441 e. The van der Waals surface area contributed by atoms with E-state index in [-0.39, 0.29) is 34.9 Å². The second-order valence-electron chi connectivity index (χ2n) is 7.51. The van der Waals surface area contributed by atoms with Crippen molar-refractivity contribution in [2.75, 3.05) is 11.9 Å². The van der Waals surface area contributed by atoms with Gasteiger partial charge in [-0.25, -0.2) is 14.5 Å². The summed E-state index contributed by atoms with van der Waals surface area (Å²) in [4.78, 5) is 32.2. The number of carbonyl (C=O) groups is 2. The van der Waals surface area contributed by atoms with Gasteiger partial charge in [-0.15, -0.1) is 5.10 Å². The summed E-state index contributed by atoms with van der Waals surface area (Å²) < 4.78 is 57.7. The second kappa shape index (κ2) is 10.9. The third-order valence-corrected chi connectivity index (χ3v) is 4.94. The van der Waals surface area contributed by atoms with E-state index in [0.29, 0.717) is 0 Å². The number of hydrogen-bond donors (Lipinski definition) is 2. The molecule has 190 valence electrons. The van der Waals surface area contributed by atoms with E-state index in [1.807, 2.05) is 0 Å². The summed E-state index contributed by atoms with van der Waals surface area (Å²) in [6.07, 6.45) is -4.34. The van der Waals surface area contributed by atoms with Crippen LogP contribution in [0.4, 0.5) is 28.2 Å². The molecule has 0 aliphatic heterocycles. The van der Waals surface area contributed by atoms with E-state index in [0.717, 1.165) is 0 Å². The molecule has 3 heterocycles. The molecule has 14 heteroatoms. The van der Waals surface area contributed by atoms with Gasteiger partial charge in [0, 0.05) is 37.1 Å². The van der Waals surface area contributed by atoms with Crippen LogP contribution >= 0.6 is 0 Å². The Morgan fingerprint density at radius 1 is 1.22 bits per heavy atom. The van der Waals surface area contributed by atoms with Crippen molar-refractivity contribution in [3.8, 4) is 11.4 Å². The molecule has 3 aromatic heterocycles. The molecule has 0 aliphatic carbocycles. The van der Waals surface area contributed by atoms with Crippen LogP contribution in [-0.2, 0) is 11.8 Å². The van der Waals surface area contributed by atoms with Gasteiger partial charge in [-0.2, -0.15) is 17.6 Å². The maximum absolute atomic E-state index is 13.8. The monoisotopic (exact) mass is 507 g/mol. The fourth-order valence-electron chi connectivity index (χ4n) is 2.96. The molecular weight excluding hydrogens is 486 g/mol. The number of anilines is 1. The zero-order valence-corrected chi connectivity index (χ0v) is 19.1. The molecule has 36 heavy (non-hydrogen) atoms. The largest absolute Gasteiger partial charge is 0.441 e. The van der Waals surface area contributed by atoms with Crippen LogP contribution in [-0.4, -0.2) is 49.7 Å². The van der Waals surface area contributed by atoms with E-state index in [4.69, 9.17) is 4.74 Å². The van der Waals surface area contributed by atoms with Crippen LogP contribution in [0.1, 0.15) is 35.4 Å². The Hall–Kier alpha value is -4.36. The minimum absolute atomic E-state index is 0.0919. The van der Waals surface area contributed by atoms with Crippen LogP contribution in [0.3, 0.4) is 0 Å². The van der Waals surface area contributed by atoms with Crippen molar-refractivity contribution in [3.05, 3.63) is 65.9 Å². The molecule has 0 aromatic carbocycles. The van der Waals surface area contributed by atoms with Gasteiger partial charge in [0.1, 0.15) is 6.10 Å². The number of aromatic nitrogens is 5. The van der Waals surface area contributed by atoms with Gasteiger partial charge in [-0.05, 0) is 37.6 Å². The highest BCUT2D eigenvalue weighted by Gasteiger charge is 2.31. The van der Waals surface area contributed by atoms with Gasteiger partial charge < -0.3 is 10.1 Å². The standard InChI is InChI=1S/C22H21F4N7O3/c1-12(22(24,25)26)8-10-28-20(34)14-6-7-16(29-11-14)17-19(33(3)32-31-17)30-21(35)36-13(2)15-5-4-9-27-18(15)23/h4-7,9,11,13H,1,8,10H2,2-3H3,(H,28,34)(H,30,35)/t13-/m1/s1. The molecule has 0 unspecified atom stereocenters. The molecule has 0 fully saturated rings. The van der Waals surface area contributed by atoms with Crippen molar-refractivity contribution in [2.24, 2.45) is 7.05 Å². The summed E-state index contributed by atoms with van der Waals surface area (Å²) in [5.74, 6) is -1.27. The summed E-state index contributed by atoms with van der Waals surface area (Å²) in [5.41, 5.74) is -0.358. The lowest BCUT2D eigenvalue weighted by Gasteiger charge is -2.14. The van der Waals surface area contributed by atoms with Crippen molar-refractivity contribution in [1.82, 2.24) is 30.3 Å². The second-order valence-corrected chi connectivity index (χ2v) is 7.51. The average Bonchev–Trinajstić information content (AvgIpc) is 3.18. The van der Waals surface area contributed by atoms with Crippen LogP contribution in [0.5, 0.6) is 0 Å². The molecule has 0 spiro atoms. The summed E-state index contributed by atoms with van der Waals surface area (Å²) in [7, 11) is 1.51. The number of rotatable bonds is 8. The number of halogens is 4. The Labute approximate surface area is 202 Å². The molecular formula is C22H21F4N7O3. The van der Waals surface area contributed by atoms with Gasteiger partial charge in [0.05, 0.1) is 11.3 Å².